The first-order valence-electron chi connectivity index (χ1n) is 5.92. The fourth-order valence-corrected chi connectivity index (χ4v) is 2.37. The second-order valence-corrected chi connectivity index (χ2v) is 5.04. The molecular formula is C15H15BrFNO. The molecule has 1 atom stereocenters. The van der Waals surface area contributed by atoms with Gasteiger partial charge in [0.05, 0.1) is 18.7 Å². The smallest absolute Gasteiger partial charge is 0.132 e. The third-order valence-corrected chi connectivity index (χ3v) is 3.54. The Balaban J connectivity index is 2.50. The molecule has 19 heavy (non-hydrogen) atoms. The van der Waals surface area contributed by atoms with Crippen LogP contribution in [-0.4, -0.2) is 14.2 Å². The van der Waals surface area contributed by atoms with Crippen molar-refractivity contribution in [3.63, 3.8) is 0 Å². The van der Waals surface area contributed by atoms with Crippen LogP contribution < -0.4 is 10.1 Å². The zero-order valence-electron chi connectivity index (χ0n) is 10.8. The van der Waals surface area contributed by atoms with Crippen molar-refractivity contribution in [3.8, 4) is 5.75 Å². The van der Waals surface area contributed by atoms with Crippen LogP contribution in [0.2, 0.25) is 0 Å². The van der Waals surface area contributed by atoms with Gasteiger partial charge in [0.15, 0.2) is 0 Å². The van der Waals surface area contributed by atoms with Crippen molar-refractivity contribution in [1.29, 1.82) is 0 Å². The van der Waals surface area contributed by atoms with Gasteiger partial charge in [-0.05, 0) is 36.9 Å². The average Bonchev–Trinajstić information content (AvgIpc) is 2.43. The Morgan fingerprint density at radius 2 is 1.84 bits per heavy atom. The van der Waals surface area contributed by atoms with Gasteiger partial charge in [0.25, 0.3) is 0 Å². The predicted molar refractivity (Wildman–Crippen MR) is 78.0 cm³/mol. The molecule has 2 rings (SSSR count). The second-order valence-electron chi connectivity index (χ2n) is 4.13. The van der Waals surface area contributed by atoms with Gasteiger partial charge in [-0.2, -0.15) is 0 Å². The highest BCUT2D eigenvalue weighted by Crippen LogP contribution is 2.32. The van der Waals surface area contributed by atoms with Crippen LogP contribution in [0.5, 0.6) is 5.75 Å². The summed E-state index contributed by atoms with van der Waals surface area (Å²) in [5, 5.41) is 3.13. The van der Waals surface area contributed by atoms with Crippen LogP contribution in [0.15, 0.2) is 46.9 Å². The number of hydrogen-bond acceptors (Lipinski definition) is 2. The van der Waals surface area contributed by atoms with Gasteiger partial charge in [-0.1, -0.05) is 34.1 Å². The lowest BCUT2D eigenvalue weighted by atomic mass is 9.97. The van der Waals surface area contributed by atoms with E-state index in [4.69, 9.17) is 4.74 Å². The molecule has 0 amide bonds. The minimum absolute atomic E-state index is 0.246. The fourth-order valence-electron chi connectivity index (χ4n) is 2.11. The molecule has 2 aromatic rings. The van der Waals surface area contributed by atoms with Crippen molar-refractivity contribution in [1.82, 2.24) is 5.32 Å². The summed E-state index contributed by atoms with van der Waals surface area (Å²) in [7, 11) is 3.35. The Hall–Kier alpha value is -1.39. The standard InChI is InChI=1S/C15H15BrFNO/c1-18-15(10-6-8-11(16)9-7-10)14-12(17)4-3-5-13(14)19-2/h3-9,15,18H,1-2H3. The van der Waals surface area contributed by atoms with Crippen LogP contribution in [0.1, 0.15) is 17.2 Å². The topological polar surface area (TPSA) is 21.3 Å². The van der Waals surface area contributed by atoms with E-state index in [1.165, 1.54) is 6.07 Å². The molecule has 1 N–H and O–H groups in total. The molecule has 0 spiro atoms. The fraction of sp³-hybridized carbons (Fsp3) is 0.200. The number of halogens is 2. The van der Waals surface area contributed by atoms with Crippen LogP contribution in [0.3, 0.4) is 0 Å². The van der Waals surface area contributed by atoms with Gasteiger partial charge in [0.2, 0.25) is 0 Å². The highest BCUT2D eigenvalue weighted by molar-refractivity contribution is 9.10. The number of rotatable bonds is 4. The normalized spacial score (nSPS) is 12.2. The summed E-state index contributed by atoms with van der Waals surface area (Å²) in [4.78, 5) is 0. The zero-order chi connectivity index (χ0) is 13.8. The van der Waals surface area contributed by atoms with E-state index in [2.05, 4.69) is 21.2 Å². The minimum Gasteiger partial charge on any atom is -0.496 e. The van der Waals surface area contributed by atoms with Crippen molar-refractivity contribution >= 4 is 15.9 Å². The quantitative estimate of drug-likeness (QED) is 0.921. The van der Waals surface area contributed by atoms with E-state index in [9.17, 15) is 4.39 Å². The molecule has 0 aliphatic carbocycles. The van der Waals surface area contributed by atoms with Crippen LogP contribution in [0, 0.1) is 5.82 Å². The molecule has 0 saturated heterocycles. The molecule has 2 aromatic carbocycles. The van der Waals surface area contributed by atoms with E-state index in [0.717, 1.165) is 10.0 Å². The molecular weight excluding hydrogens is 309 g/mol. The Morgan fingerprint density at radius 1 is 1.16 bits per heavy atom. The van der Waals surface area contributed by atoms with Crippen LogP contribution in [0.25, 0.3) is 0 Å². The molecule has 0 saturated carbocycles. The van der Waals surface area contributed by atoms with E-state index in [0.29, 0.717) is 11.3 Å². The molecule has 0 radical (unpaired) electrons. The van der Waals surface area contributed by atoms with Crippen LogP contribution >= 0.6 is 15.9 Å². The van der Waals surface area contributed by atoms with Crippen LogP contribution in [-0.2, 0) is 0 Å². The molecule has 100 valence electrons. The van der Waals surface area contributed by atoms with E-state index >= 15 is 0 Å². The van der Waals surface area contributed by atoms with Gasteiger partial charge in [0, 0.05) is 4.47 Å². The molecule has 1 unspecified atom stereocenters. The lowest BCUT2D eigenvalue weighted by Gasteiger charge is -2.20. The maximum atomic E-state index is 14.1. The average molecular weight is 324 g/mol. The van der Waals surface area contributed by atoms with Crippen molar-refractivity contribution < 1.29 is 9.13 Å². The Morgan fingerprint density at radius 3 is 2.42 bits per heavy atom. The van der Waals surface area contributed by atoms with Crippen LogP contribution in [0.4, 0.5) is 4.39 Å². The predicted octanol–water partition coefficient (Wildman–Crippen LogP) is 3.91. The zero-order valence-corrected chi connectivity index (χ0v) is 12.4. The highest BCUT2D eigenvalue weighted by Gasteiger charge is 2.20. The monoisotopic (exact) mass is 323 g/mol. The first-order chi connectivity index (χ1) is 9.17. The molecule has 0 bridgehead atoms. The molecule has 4 heteroatoms. The lowest BCUT2D eigenvalue weighted by Crippen LogP contribution is -2.19. The van der Waals surface area contributed by atoms with Crippen molar-refractivity contribution in [2.75, 3.05) is 14.2 Å². The lowest BCUT2D eigenvalue weighted by molar-refractivity contribution is 0.398. The van der Waals surface area contributed by atoms with Gasteiger partial charge < -0.3 is 10.1 Å². The van der Waals surface area contributed by atoms with Crippen molar-refractivity contribution in [2.24, 2.45) is 0 Å². The van der Waals surface area contributed by atoms with E-state index in [1.807, 2.05) is 24.3 Å². The molecule has 2 nitrogen and oxygen atoms in total. The third-order valence-electron chi connectivity index (χ3n) is 3.01. The second kappa shape index (κ2) is 6.17. The van der Waals surface area contributed by atoms with Crippen molar-refractivity contribution in [3.05, 3.63) is 63.9 Å². The van der Waals surface area contributed by atoms with E-state index in [-0.39, 0.29) is 11.9 Å². The van der Waals surface area contributed by atoms with Gasteiger partial charge in [-0.15, -0.1) is 0 Å². The summed E-state index contributed by atoms with van der Waals surface area (Å²) in [5.41, 5.74) is 1.50. The van der Waals surface area contributed by atoms with E-state index < -0.39 is 0 Å². The first-order valence-corrected chi connectivity index (χ1v) is 6.71. The first kappa shape index (κ1) is 14.0. The molecule has 0 fully saturated rings. The van der Waals surface area contributed by atoms with Gasteiger partial charge in [-0.25, -0.2) is 4.39 Å². The summed E-state index contributed by atoms with van der Waals surface area (Å²) < 4.78 is 20.4. The van der Waals surface area contributed by atoms with E-state index in [1.54, 1.807) is 26.3 Å². The maximum Gasteiger partial charge on any atom is 0.132 e. The van der Waals surface area contributed by atoms with Crippen molar-refractivity contribution in [2.45, 2.75) is 6.04 Å². The Labute approximate surface area is 120 Å². The Bertz CT molecular complexity index is 557. The maximum absolute atomic E-state index is 14.1. The molecule has 0 heterocycles. The number of ether oxygens (including phenoxy) is 1. The summed E-state index contributed by atoms with van der Waals surface area (Å²) in [6, 6.07) is 12.4. The SMILES string of the molecule is CNC(c1ccc(Br)cc1)c1c(F)cccc1OC. The molecule has 0 aliphatic heterocycles. The summed E-state index contributed by atoms with van der Waals surface area (Å²) in [5.74, 6) is 0.267. The van der Waals surface area contributed by atoms with Gasteiger partial charge in [0.1, 0.15) is 11.6 Å². The minimum atomic E-state index is -0.276. The van der Waals surface area contributed by atoms with Gasteiger partial charge >= 0.3 is 0 Å². The molecule has 0 aliphatic rings. The number of hydrogen-bond donors (Lipinski definition) is 1. The Kier molecular flexibility index (Phi) is 4.56. The number of methoxy groups -OCH3 is 1. The highest BCUT2D eigenvalue weighted by atomic mass is 79.9. The third kappa shape index (κ3) is 2.96. The summed E-state index contributed by atoms with van der Waals surface area (Å²) >= 11 is 3.40. The summed E-state index contributed by atoms with van der Waals surface area (Å²) in [6.07, 6.45) is 0. The number of nitrogens with one attached hydrogen (secondary N) is 1. The van der Waals surface area contributed by atoms with Gasteiger partial charge in [-0.3, -0.25) is 0 Å². The molecule has 0 aromatic heterocycles. The largest absolute Gasteiger partial charge is 0.496 e. The number of benzene rings is 2. The summed E-state index contributed by atoms with van der Waals surface area (Å²) in [6.45, 7) is 0.